The van der Waals surface area contributed by atoms with Crippen molar-refractivity contribution >= 4 is 0 Å². The third kappa shape index (κ3) is 2.82. The Labute approximate surface area is 114 Å². The van der Waals surface area contributed by atoms with Crippen LogP contribution in [-0.2, 0) is 4.74 Å². The number of nitrogens with one attached hydrogen (secondary N) is 1. The Morgan fingerprint density at radius 1 is 1.32 bits per heavy atom. The van der Waals surface area contributed by atoms with Crippen LogP contribution in [0.3, 0.4) is 0 Å². The van der Waals surface area contributed by atoms with Gasteiger partial charge in [-0.2, -0.15) is 0 Å². The molecule has 2 fully saturated rings. The van der Waals surface area contributed by atoms with E-state index in [9.17, 15) is 4.39 Å². The molecule has 1 saturated heterocycles. The third-order valence-electron chi connectivity index (χ3n) is 4.58. The second-order valence-corrected chi connectivity index (χ2v) is 6.16. The average Bonchev–Trinajstić information content (AvgIpc) is 2.43. The molecule has 1 aromatic rings. The predicted molar refractivity (Wildman–Crippen MR) is 73.5 cm³/mol. The molecular formula is C16H22FNO. The Kier molecular flexibility index (Phi) is 3.59. The zero-order valence-corrected chi connectivity index (χ0v) is 11.5. The van der Waals surface area contributed by atoms with Crippen LogP contribution in [0.4, 0.5) is 4.39 Å². The largest absolute Gasteiger partial charge is 0.364 e. The number of halogens is 1. The SMILES string of the molecule is CC1CCC2(CC1)CNCC(c1cccc(F)c1)O2. The van der Waals surface area contributed by atoms with Crippen LogP contribution in [0, 0.1) is 11.7 Å². The summed E-state index contributed by atoms with van der Waals surface area (Å²) in [6, 6.07) is 6.80. The van der Waals surface area contributed by atoms with Crippen molar-refractivity contribution in [3.05, 3.63) is 35.6 Å². The van der Waals surface area contributed by atoms with E-state index in [4.69, 9.17) is 4.74 Å². The van der Waals surface area contributed by atoms with Gasteiger partial charge in [-0.3, -0.25) is 0 Å². The van der Waals surface area contributed by atoms with Crippen molar-refractivity contribution in [2.45, 2.75) is 44.3 Å². The molecule has 3 heteroatoms. The topological polar surface area (TPSA) is 21.3 Å². The van der Waals surface area contributed by atoms with E-state index in [1.165, 1.54) is 18.9 Å². The number of benzene rings is 1. The number of morpholine rings is 1. The van der Waals surface area contributed by atoms with E-state index >= 15 is 0 Å². The van der Waals surface area contributed by atoms with Gasteiger partial charge in [-0.15, -0.1) is 0 Å². The highest BCUT2D eigenvalue weighted by Gasteiger charge is 2.40. The molecule has 1 atom stereocenters. The average molecular weight is 263 g/mol. The van der Waals surface area contributed by atoms with Gasteiger partial charge in [0.1, 0.15) is 5.82 Å². The highest BCUT2D eigenvalue weighted by molar-refractivity contribution is 5.20. The molecule has 0 radical (unpaired) electrons. The van der Waals surface area contributed by atoms with Crippen LogP contribution in [0.1, 0.15) is 44.3 Å². The summed E-state index contributed by atoms with van der Waals surface area (Å²) in [6.45, 7) is 4.03. The smallest absolute Gasteiger partial charge is 0.123 e. The normalized spacial score (nSPS) is 35.5. The van der Waals surface area contributed by atoms with Crippen LogP contribution in [0.25, 0.3) is 0 Å². The van der Waals surface area contributed by atoms with Gasteiger partial charge < -0.3 is 10.1 Å². The highest BCUT2D eigenvalue weighted by Crippen LogP contribution is 2.39. The molecule has 1 N–H and O–H groups in total. The summed E-state index contributed by atoms with van der Waals surface area (Å²) >= 11 is 0. The Morgan fingerprint density at radius 2 is 2.11 bits per heavy atom. The molecule has 104 valence electrons. The van der Waals surface area contributed by atoms with Gasteiger partial charge in [-0.05, 0) is 49.3 Å². The maximum Gasteiger partial charge on any atom is 0.123 e. The van der Waals surface area contributed by atoms with Crippen molar-refractivity contribution < 1.29 is 9.13 Å². The molecule has 1 aliphatic heterocycles. The molecule has 1 heterocycles. The van der Waals surface area contributed by atoms with Crippen molar-refractivity contribution in [2.75, 3.05) is 13.1 Å². The summed E-state index contributed by atoms with van der Waals surface area (Å²) in [5.41, 5.74) is 0.923. The fraction of sp³-hybridized carbons (Fsp3) is 0.625. The minimum atomic E-state index is -0.182. The predicted octanol–water partition coefficient (Wildman–Crippen LogP) is 3.44. The molecule has 1 unspecified atom stereocenters. The fourth-order valence-corrected chi connectivity index (χ4v) is 3.29. The minimum absolute atomic E-state index is 0.0159. The van der Waals surface area contributed by atoms with Gasteiger partial charge in [-0.25, -0.2) is 4.39 Å². The molecule has 2 nitrogen and oxygen atoms in total. The first-order chi connectivity index (χ1) is 9.17. The van der Waals surface area contributed by atoms with Crippen LogP contribution >= 0.6 is 0 Å². The second kappa shape index (κ2) is 5.22. The first kappa shape index (κ1) is 13.1. The van der Waals surface area contributed by atoms with Crippen molar-refractivity contribution in [1.82, 2.24) is 5.32 Å². The molecule has 0 bridgehead atoms. The number of hydrogen-bond acceptors (Lipinski definition) is 2. The molecule has 0 amide bonds. The quantitative estimate of drug-likeness (QED) is 0.838. The summed E-state index contributed by atoms with van der Waals surface area (Å²) < 4.78 is 19.7. The first-order valence-electron chi connectivity index (χ1n) is 7.31. The van der Waals surface area contributed by atoms with Gasteiger partial charge in [-0.1, -0.05) is 19.1 Å². The first-order valence-corrected chi connectivity index (χ1v) is 7.31. The van der Waals surface area contributed by atoms with E-state index in [1.807, 2.05) is 6.07 Å². The molecule has 1 spiro atoms. The molecular weight excluding hydrogens is 241 g/mol. The fourth-order valence-electron chi connectivity index (χ4n) is 3.29. The van der Waals surface area contributed by atoms with E-state index in [2.05, 4.69) is 12.2 Å². The van der Waals surface area contributed by atoms with Gasteiger partial charge in [0.2, 0.25) is 0 Å². The molecule has 0 aromatic heterocycles. The van der Waals surface area contributed by atoms with Gasteiger partial charge in [0, 0.05) is 13.1 Å². The van der Waals surface area contributed by atoms with Crippen molar-refractivity contribution in [3.63, 3.8) is 0 Å². The van der Waals surface area contributed by atoms with Gasteiger partial charge >= 0.3 is 0 Å². The molecule has 19 heavy (non-hydrogen) atoms. The Hall–Kier alpha value is -0.930. The van der Waals surface area contributed by atoms with Gasteiger partial charge in [0.15, 0.2) is 0 Å². The highest BCUT2D eigenvalue weighted by atomic mass is 19.1. The van der Waals surface area contributed by atoms with Crippen LogP contribution < -0.4 is 5.32 Å². The Bertz CT molecular complexity index is 440. The monoisotopic (exact) mass is 263 g/mol. The summed E-state index contributed by atoms with van der Waals surface area (Å²) in [4.78, 5) is 0. The lowest BCUT2D eigenvalue weighted by Gasteiger charge is -2.45. The number of rotatable bonds is 1. The summed E-state index contributed by atoms with van der Waals surface area (Å²) in [5.74, 6) is 0.627. The van der Waals surface area contributed by atoms with E-state index < -0.39 is 0 Å². The maximum absolute atomic E-state index is 13.3. The van der Waals surface area contributed by atoms with Crippen LogP contribution in [0.15, 0.2) is 24.3 Å². The standard InChI is InChI=1S/C16H22FNO/c1-12-5-7-16(8-6-12)11-18-10-15(19-16)13-3-2-4-14(17)9-13/h2-4,9,12,15,18H,5-8,10-11H2,1H3. The molecule has 3 rings (SSSR count). The maximum atomic E-state index is 13.3. The number of hydrogen-bond donors (Lipinski definition) is 1. The van der Waals surface area contributed by atoms with Crippen molar-refractivity contribution in [3.8, 4) is 0 Å². The Morgan fingerprint density at radius 3 is 2.84 bits per heavy atom. The van der Waals surface area contributed by atoms with Crippen LogP contribution in [0.2, 0.25) is 0 Å². The van der Waals surface area contributed by atoms with Crippen LogP contribution in [0.5, 0.6) is 0 Å². The second-order valence-electron chi connectivity index (χ2n) is 6.16. The zero-order chi connectivity index (χ0) is 13.3. The molecule has 1 aliphatic carbocycles. The van der Waals surface area contributed by atoms with E-state index in [0.29, 0.717) is 0 Å². The van der Waals surface area contributed by atoms with Crippen molar-refractivity contribution in [2.24, 2.45) is 5.92 Å². The van der Waals surface area contributed by atoms with Gasteiger partial charge in [0.05, 0.1) is 11.7 Å². The lowest BCUT2D eigenvalue weighted by atomic mass is 9.78. The van der Waals surface area contributed by atoms with Crippen molar-refractivity contribution in [1.29, 1.82) is 0 Å². The molecule has 2 aliphatic rings. The van der Waals surface area contributed by atoms with E-state index in [1.54, 1.807) is 12.1 Å². The molecule has 1 aromatic carbocycles. The lowest BCUT2D eigenvalue weighted by molar-refractivity contribution is -0.140. The van der Waals surface area contributed by atoms with E-state index in [-0.39, 0.29) is 17.5 Å². The summed E-state index contributed by atoms with van der Waals surface area (Å²) in [6.07, 6.45) is 4.69. The summed E-state index contributed by atoms with van der Waals surface area (Å²) in [7, 11) is 0. The number of ether oxygens (including phenoxy) is 1. The minimum Gasteiger partial charge on any atom is -0.364 e. The summed E-state index contributed by atoms with van der Waals surface area (Å²) in [5, 5.41) is 3.48. The third-order valence-corrected chi connectivity index (χ3v) is 4.58. The van der Waals surface area contributed by atoms with Gasteiger partial charge in [0.25, 0.3) is 0 Å². The van der Waals surface area contributed by atoms with E-state index in [0.717, 1.165) is 37.4 Å². The lowest BCUT2D eigenvalue weighted by Crippen LogP contribution is -2.52. The molecule has 1 saturated carbocycles. The zero-order valence-electron chi connectivity index (χ0n) is 11.5. The Balaban J connectivity index is 1.74. The van der Waals surface area contributed by atoms with Crippen LogP contribution in [-0.4, -0.2) is 18.7 Å².